The van der Waals surface area contributed by atoms with Crippen LogP contribution in [0.25, 0.3) is 0 Å². The van der Waals surface area contributed by atoms with Crippen LogP contribution in [0.4, 0.5) is 0 Å². The predicted molar refractivity (Wildman–Crippen MR) is 54.3 cm³/mol. The summed E-state index contributed by atoms with van der Waals surface area (Å²) in [6.07, 6.45) is 1.56. The molecule has 0 saturated carbocycles. The maximum atomic E-state index is 11.7. The van der Waals surface area contributed by atoms with Crippen molar-refractivity contribution in [1.29, 1.82) is 0 Å². The molecule has 1 aromatic heterocycles. The Balaban J connectivity index is 2.96. The van der Waals surface area contributed by atoms with Gasteiger partial charge in [-0.25, -0.2) is 8.42 Å². The predicted octanol–water partition coefficient (Wildman–Crippen LogP) is 1.55. The normalized spacial score (nSPS) is 11.8. The molecule has 0 N–H and O–H groups in total. The Labute approximate surface area is 82.4 Å². The topological polar surface area (TPSA) is 37.4 Å². The van der Waals surface area contributed by atoms with E-state index in [1.165, 1.54) is 22.7 Å². The van der Waals surface area contributed by atoms with Crippen LogP contribution in [-0.4, -0.2) is 26.3 Å². The molecule has 13 heavy (non-hydrogen) atoms. The second kappa shape index (κ2) is 4.04. The van der Waals surface area contributed by atoms with Gasteiger partial charge in [-0.15, -0.1) is 17.9 Å². The zero-order chi connectivity index (χ0) is 9.90. The fourth-order valence-electron chi connectivity index (χ4n) is 0.844. The summed E-state index contributed by atoms with van der Waals surface area (Å²) in [6, 6.07) is 3.32. The van der Waals surface area contributed by atoms with E-state index in [1.807, 2.05) is 0 Å². The molecular weight excluding hydrogens is 206 g/mol. The molecule has 0 atom stereocenters. The summed E-state index contributed by atoms with van der Waals surface area (Å²) in [6.45, 7) is 3.83. The summed E-state index contributed by atoms with van der Waals surface area (Å²) in [7, 11) is -1.74. The minimum atomic E-state index is -3.28. The van der Waals surface area contributed by atoms with E-state index in [2.05, 4.69) is 6.58 Å². The van der Waals surface area contributed by atoms with Crippen LogP contribution in [0.15, 0.2) is 34.4 Å². The van der Waals surface area contributed by atoms with Gasteiger partial charge in [0.25, 0.3) is 10.0 Å². The summed E-state index contributed by atoms with van der Waals surface area (Å²) >= 11 is 1.22. The minimum Gasteiger partial charge on any atom is -0.206 e. The van der Waals surface area contributed by atoms with E-state index >= 15 is 0 Å². The lowest BCUT2D eigenvalue weighted by Crippen LogP contribution is -2.26. The molecule has 0 bridgehead atoms. The fourth-order valence-corrected chi connectivity index (χ4v) is 3.19. The first-order valence-corrected chi connectivity index (χ1v) is 6.01. The number of nitrogens with zero attached hydrogens (tertiary/aromatic N) is 1. The van der Waals surface area contributed by atoms with Crippen LogP contribution in [0.3, 0.4) is 0 Å². The Bertz CT molecular complexity index is 367. The molecule has 0 amide bonds. The van der Waals surface area contributed by atoms with Crippen LogP contribution in [-0.2, 0) is 10.0 Å². The number of thiophene rings is 1. The van der Waals surface area contributed by atoms with Gasteiger partial charge in [-0.2, -0.15) is 4.31 Å². The lowest BCUT2D eigenvalue weighted by atomic mass is 10.6. The molecule has 0 fully saturated rings. The van der Waals surface area contributed by atoms with Crippen molar-refractivity contribution in [1.82, 2.24) is 4.31 Å². The Morgan fingerprint density at radius 3 is 2.85 bits per heavy atom. The van der Waals surface area contributed by atoms with Crippen molar-refractivity contribution in [2.24, 2.45) is 0 Å². The molecular formula is C8H11NO2S2. The number of hydrogen-bond donors (Lipinski definition) is 0. The first-order chi connectivity index (χ1) is 6.09. The molecule has 0 aliphatic heterocycles. The highest BCUT2D eigenvalue weighted by Gasteiger charge is 2.19. The maximum Gasteiger partial charge on any atom is 0.252 e. The molecule has 0 saturated heterocycles. The van der Waals surface area contributed by atoms with E-state index < -0.39 is 10.0 Å². The zero-order valence-corrected chi connectivity index (χ0v) is 8.94. The van der Waals surface area contributed by atoms with Crippen LogP contribution in [0.2, 0.25) is 0 Å². The minimum absolute atomic E-state index is 0.334. The quantitative estimate of drug-likeness (QED) is 0.718. The van der Waals surface area contributed by atoms with Gasteiger partial charge in [0.2, 0.25) is 0 Å². The summed E-state index contributed by atoms with van der Waals surface area (Å²) in [5.41, 5.74) is 0. The number of hydrogen-bond acceptors (Lipinski definition) is 3. The third-order valence-corrected chi connectivity index (χ3v) is 4.74. The van der Waals surface area contributed by atoms with Crippen molar-refractivity contribution in [3.63, 3.8) is 0 Å². The van der Waals surface area contributed by atoms with E-state index in [0.717, 1.165) is 0 Å². The standard InChI is InChI=1S/C8H11NO2S2/c1-3-6-9(2)13(10,11)8-5-4-7-12-8/h3-5,7H,1,6H2,2H3. The first kappa shape index (κ1) is 10.4. The lowest BCUT2D eigenvalue weighted by Gasteiger charge is -2.12. The smallest absolute Gasteiger partial charge is 0.206 e. The monoisotopic (exact) mass is 217 g/mol. The van der Waals surface area contributed by atoms with Crippen LogP contribution in [0.1, 0.15) is 0 Å². The van der Waals surface area contributed by atoms with Gasteiger partial charge >= 0.3 is 0 Å². The third kappa shape index (κ3) is 2.18. The molecule has 0 aliphatic carbocycles. The Kier molecular flexibility index (Phi) is 3.24. The molecule has 1 rings (SSSR count). The van der Waals surface area contributed by atoms with E-state index in [1.54, 1.807) is 23.6 Å². The highest BCUT2D eigenvalue weighted by atomic mass is 32.2. The van der Waals surface area contributed by atoms with Gasteiger partial charge in [-0.1, -0.05) is 12.1 Å². The molecule has 0 radical (unpaired) electrons. The molecule has 0 unspecified atom stereocenters. The summed E-state index contributed by atoms with van der Waals surface area (Å²) in [5, 5.41) is 1.74. The highest BCUT2D eigenvalue weighted by molar-refractivity contribution is 7.91. The first-order valence-electron chi connectivity index (χ1n) is 3.70. The molecule has 3 nitrogen and oxygen atoms in total. The maximum absolute atomic E-state index is 11.7. The Morgan fingerprint density at radius 1 is 1.69 bits per heavy atom. The van der Waals surface area contributed by atoms with Gasteiger partial charge in [-0.05, 0) is 11.4 Å². The summed E-state index contributed by atoms with van der Waals surface area (Å²) < 4.78 is 25.0. The number of sulfonamides is 1. The van der Waals surface area contributed by atoms with Crippen LogP contribution in [0.5, 0.6) is 0 Å². The molecule has 1 aromatic rings. The number of likely N-dealkylation sites (N-methyl/N-ethyl adjacent to an activating group) is 1. The largest absolute Gasteiger partial charge is 0.252 e. The Hall–Kier alpha value is -0.650. The van der Waals surface area contributed by atoms with E-state index in [-0.39, 0.29) is 0 Å². The van der Waals surface area contributed by atoms with Crippen molar-refractivity contribution < 1.29 is 8.42 Å². The molecule has 5 heteroatoms. The van der Waals surface area contributed by atoms with Crippen molar-refractivity contribution in [3.05, 3.63) is 30.2 Å². The van der Waals surface area contributed by atoms with E-state index in [9.17, 15) is 8.42 Å². The van der Waals surface area contributed by atoms with Gasteiger partial charge in [0.1, 0.15) is 4.21 Å². The van der Waals surface area contributed by atoms with Crippen molar-refractivity contribution >= 4 is 21.4 Å². The summed E-state index contributed by atoms with van der Waals surface area (Å²) in [5.74, 6) is 0. The van der Waals surface area contributed by atoms with Crippen LogP contribution < -0.4 is 0 Å². The van der Waals surface area contributed by atoms with Crippen LogP contribution >= 0.6 is 11.3 Å². The molecule has 0 aromatic carbocycles. The van der Waals surface area contributed by atoms with E-state index in [4.69, 9.17) is 0 Å². The van der Waals surface area contributed by atoms with Crippen molar-refractivity contribution in [3.8, 4) is 0 Å². The van der Waals surface area contributed by atoms with E-state index in [0.29, 0.717) is 10.8 Å². The van der Waals surface area contributed by atoms with Crippen LogP contribution in [0, 0.1) is 0 Å². The lowest BCUT2D eigenvalue weighted by molar-refractivity contribution is 0.501. The molecule has 1 heterocycles. The summed E-state index contributed by atoms with van der Waals surface area (Å²) in [4.78, 5) is 0. The van der Waals surface area contributed by atoms with Gasteiger partial charge in [0.15, 0.2) is 0 Å². The second-order valence-electron chi connectivity index (χ2n) is 2.51. The molecule has 0 spiro atoms. The highest BCUT2D eigenvalue weighted by Crippen LogP contribution is 2.19. The zero-order valence-electron chi connectivity index (χ0n) is 7.30. The second-order valence-corrected chi connectivity index (χ2v) is 5.73. The van der Waals surface area contributed by atoms with Gasteiger partial charge in [-0.3, -0.25) is 0 Å². The van der Waals surface area contributed by atoms with Gasteiger partial charge < -0.3 is 0 Å². The average molecular weight is 217 g/mol. The molecule has 0 aliphatic rings. The number of rotatable bonds is 4. The van der Waals surface area contributed by atoms with Crippen molar-refractivity contribution in [2.75, 3.05) is 13.6 Å². The van der Waals surface area contributed by atoms with Crippen molar-refractivity contribution in [2.45, 2.75) is 4.21 Å². The molecule has 72 valence electrons. The third-order valence-electron chi connectivity index (χ3n) is 1.55. The fraction of sp³-hybridized carbons (Fsp3) is 0.250. The average Bonchev–Trinajstić information content (AvgIpc) is 2.56. The Morgan fingerprint density at radius 2 is 2.38 bits per heavy atom. The van der Waals surface area contributed by atoms with Gasteiger partial charge in [0.05, 0.1) is 0 Å². The van der Waals surface area contributed by atoms with Gasteiger partial charge in [0, 0.05) is 13.6 Å². The SMILES string of the molecule is C=CCN(C)S(=O)(=O)c1cccs1.